The molecular weight excluding hydrogens is 783 g/mol. The van der Waals surface area contributed by atoms with Crippen LogP contribution in [0.4, 0.5) is 0 Å². The number of Topliss-reactive ketones (excluding diaryl/α,β-unsaturated/α-hetero) is 2. The van der Waals surface area contributed by atoms with Crippen LogP contribution in [-0.4, -0.2) is 109 Å². The minimum atomic E-state index is -0.945. The summed E-state index contributed by atoms with van der Waals surface area (Å²) in [5, 5.41) is 3.64. The molecule has 4 unspecified atom stereocenters. The number of methoxy groups -OCH3 is 2. The van der Waals surface area contributed by atoms with E-state index < -0.39 is 17.7 Å². The molecule has 1 N–H and O–H groups in total. The Morgan fingerprint density at radius 2 is 1.61 bits per heavy atom. The van der Waals surface area contributed by atoms with Crippen LogP contribution in [0.3, 0.4) is 0 Å². The van der Waals surface area contributed by atoms with Crippen molar-refractivity contribution in [2.24, 2.45) is 30.7 Å². The SMILES string of the molecule is COc1cc(-c2cn(C)c(=O)c3cnccc23)cc(OC)c1CN(C)C1CC2CN(C(=O)CCOCCOc3ccc4c(c3)C(=O)C(CC3CCC(=O)NC3=O)C4=O)CC2C1. The van der Waals surface area contributed by atoms with Crippen molar-refractivity contribution in [3.63, 3.8) is 0 Å². The summed E-state index contributed by atoms with van der Waals surface area (Å²) in [6.07, 6.45) is 7.95. The second-order valence-corrected chi connectivity index (χ2v) is 16.7. The van der Waals surface area contributed by atoms with Crippen LogP contribution in [0.15, 0.2) is 59.8 Å². The third kappa shape index (κ3) is 8.40. The molecule has 4 aromatic rings. The number of piperidine rings is 1. The van der Waals surface area contributed by atoms with Gasteiger partial charge in [0.25, 0.3) is 5.56 Å². The molecule has 61 heavy (non-hydrogen) atoms. The maximum Gasteiger partial charge on any atom is 0.259 e. The predicted octanol–water partition coefficient (Wildman–Crippen LogP) is 4.21. The van der Waals surface area contributed by atoms with E-state index in [4.69, 9.17) is 18.9 Å². The van der Waals surface area contributed by atoms with Gasteiger partial charge in [-0.25, -0.2) is 0 Å². The number of carbonyl (C=O) groups excluding carboxylic acids is 5. The van der Waals surface area contributed by atoms with Crippen LogP contribution in [0, 0.1) is 23.7 Å². The van der Waals surface area contributed by atoms with E-state index in [-0.39, 0.29) is 73.6 Å². The van der Waals surface area contributed by atoms with Crippen molar-refractivity contribution < 1.29 is 42.9 Å². The summed E-state index contributed by atoms with van der Waals surface area (Å²) in [6, 6.07) is 11.0. The number of amides is 3. The maximum atomic E-state index is 13.2. The fourth-order valence-electron chi connectivity index (χ4n) is 9.67. The van der Waals surface area contributed by atoms with Crippen molar-refractivity contribution in [1.29, 1.82) is 0 Å². The molecule has 8 rings (SSSR count). The molecule has 0 spiro atoms. The van der Waals surface area contributed by atoms with Gasteiger partial charge in [-0.3, -0.25) is 44.0 Å². The summed E-state index contributed by atoms with van der Waals surface area (Å²) in [5.41, 5.74) is 3.18. The molecule has 3 fully saturated rings. The summed E-state index contributed by atoms with van der Waals surface area (Å²) in [6.45, 7) is 2.79. The molecule has 2 aromatic heterocycles. The highest BCUT2D eigenvalue weighted by molar-refractivity contribution is 6.26. The Morgan fingerprint density at radius 1 is 0.885 bits per heavy atom. The highest BCUT2D eigenvalue weighted by Gasteiger charge is 2.44. The lowest BCUT2D eigenvalue weighted by Gasteiger charge is -2.28. The zero-order valence-corrected chi connectivity index (χ0v) is 34.9. The summed E-state index contributed by atoms with van der Waals surface area (Å²) >= 11 is 0. The normalized spacial score (nSPS) is 22.2. The quantitative estimate of drug-likeness (QED) is 0.103. The highest BCUT2D eigenvalue weighted by Crippen LogP contribution is 2.43. The van der Waals surface area contributed by atoms with Gasteiger partial charge in [-0.05, 0) is 91.9 Å². The molecule has 4 heterocycles. The third-order valence-corrected chi connectivity index (χ3v) is 13.0. The van der Waals surface area contributed by atoms with Crippen LogP contribution in [-0.2, 0) is 32.7 Å². The van der Waals surface area contributed by atoms with Gasteiger partial charge in [0, 0.05) is 80.3 Å². The molecule has 4 aliphatic rings. The van der Waals surface area contributed by atoms with Gasteiger partial charge in [-0.2, -0.15) is 0 Å². The summed E-state index contributed by atoms with van der Waals surface area (Å²) in [4.78, 5) is 84.3. The molecule has 0 radical (unpaired) electrons. The first-order valence-electron chi connectivity index (χ1n) is 20.9. The molecule has 2 aliphatic heterocycles. The van der Waals surface area contributed by atoms with Gasteiger partial charge in [0.05, 0.1) is 50.7 Å². The van der Waals surface area contributed by atoms with Crippen molar-refractivity contribution >= 4 is 40.1 Å². The number of benzene rings is 2. The number of nitrogens with one attached hydrogen (secondary N) is 1. The molecule has 4 atom stereocenters. The predicted molar refractivity (Wildman–Crippen MR) is 224 cm³/mol. The van der Waals surface area contributed by atoms with Gasteiger partial charge >= 0.3 is 0 Å². The zero-order valence-electron chi connectivity index (χ0n) is 34.9. The van der Waals surface area contributed by atoms with Crippen molar-refractivity contribution in [1.82, 2.24) is 24.7 Å². The van der Waals surface area contributed by atoms with Crippen LogP contribution in [0.25, 0.3) is 21.9 Å². The van der Waals surface area contributed by atoms with Gasteiger partial charge in [0.15, 0.2) is 11.6 Å². The largest absolute Gasteiger partial charge is 0.496 e. The fraction of sp³-hybridized carbons (Fsp3) is 0.457. The Morgan fingerprint density at radius 3 is 2.31 bits per heavy atom. The molecule has 2 saturated heterocycles. The Kier molecular flexibility index (Phi) is 12.0. The number of likely N-dealkylation sites (tertiary alicyclic amines) is 1. The monoisotopic (exact) mass is 833 g/mol. The number of aryl methyl sites for hydroxylation is 1. The average Bonchev–Trinajstić information content (AvgIpc) is 3.92. The molecule has 15 nitrogen and oxygen atoms in total. The van der Waals surface area contributed by atoms with E-state index in [1.165, 1.54) is 0 Å². The van der Waals surface area contributed by atoms with Gasteiger partial charge < -0.3 is 28.4 Å². The van der Waals surface area contributed by atoms with Crippen LogP contribution < -0.4 is 25.1 Å². The Labute approximate surface area is 353 Å². The van der Waals surface area contributed by atoms with E-state index >= 15 is 0 Å². The summed E-state index contributed by atoms with van der Waals surface area (Å²) in [7, 11) is 7.18. The van der Waals surface area contributed by atoms with Crippen LogP contribution >= 0.6 is 0 Å². The molecule has 15 heteroatoms. The van der Waals surface area contributed by atoms with Crippen LogP contribution in [0.2, 0.25) is 0 Å². The average molecular weight is 834 g/mol. The lowest BCUT2D eigenvalue weighted by molar-refractivity contribution is -0.136. The van der Waals surface area contributed by atoms with Gasteiger partial charge in [0.2, 0.25) is 17.7 Å². The molecule has 3 amide bonds. The summed E-state index contributed by atoms with van der Waals surface area (Å²) < 4.78 is 25.0. The molecule has 320 valence electrons. The minimum absolute atomic E-state index is 0.0750. The van der Waals surface area contributed by atoms with E-state index in [1.54, 1.807) is 56.4 Å². The van der Waals surface area contributed by atoms with E-state index in [0.717, 1.165) is 48.0 Å². The number of ketones is 2. The first-order valence-corrected chi connectivity index (χ1v) is 20.9. The topological polar surface area (TPSA) is 176 Å². The number of pyridine rings is 2. The van der Waals surface area contributed by atoms with Gasteiger partial charge in [-0.1, -0.05) is 0 Å². The lowest BCUT2D eigenvalue weighted by atomic mass is 9.86. The molecule has 2 aromatic carbocycles. The number of hydrogen-bond acceptors (Lipinski definition) is 12. The zero-order chi connectivity index (χ0) is 42.9. The van der Waals surface area contributed by atoms with Gasteiger partial charge in [-0.15, -0.1) is 0 Å². The Balaban J connectivity index is 0.780. The third-order valence-electron chi connectivity index (χ3n) is 13.0. The number of aromatic nitrogens is 2. The van der Waals surface area contributed by atoms with E-state index in [2.05, 4.69) is 22.2 Å². The molecule has 2 aliphatic carbocycles. The standard InChI is InChI=1S/C46H51N5O10/c1-49(25-38-39(58-3)18-27(19-40(38)59-4)37-24-50(2)46(57)36-21-47-11-9-32(36)37)30-15-28-22-51(23-29(28)16-30)42(53)10-12-60-13-14-61-31-6-7-33-34(20-31)44(55)35(43(33)54)17-26-5-8-41(52)48-45(26)56/h6-7,9,11,18-21,24,26,28-30,35H,5,8,10,12-17,22-23,25H2,1-4H3,(H,48,52,56). The highest BCUT2D eigenvalue weighted by atomic mass is 16.5. The van der Waals surface area contributed by atoms with Crippen LogP contribution in [0.5, 0.6) is 17.2 Å². The maximum absolute atomic E-state index is 13.2. The van der Waals surface area contributed by atoms with E-state index in [9.17, 15) is 28.8 Å². The lowest BCUT2D eigenvalue weighted by Crippen LogP contribution is -2.42. The number of fused-ring (bicyclic) bond motifs is 3. The molecule has 1 saturated carbocycles. The molecule has 0 bridgehead atoms. The smallest absolute Gasteiger partial charge is 0.259 e. The first-order chi connectivity index (χ1) is 29.4. The van der Waals surface area contributed by atoms with Crippen molar-refractivity contribution in [3.8, 4) is 28.4 Å². The number of hydrogen-bond donors (Lipinski definition) is 1. The Bertz CT molecular complexity index is 2430. The number of ether oxygens (including phenoxy) is 4. The fourth-order valence-corrected chi connectivity index (χ4v) is 9.67. The van der Waals surface area contributed by atoms with E-state index in [1.807, 2.05) is 29.3 Å². The van der Waals surface area contributed by atoms with E-state index in [0.29, 0.717) is 59.0 Å². The van der Waals surface area contributed by atoms with Crippen molar-refractivity contribution in [2.45, 2.75) is 51.1 Å². The number of rotatable bonds is 15. The second-order valence-electron chi connectivity index (χ2n) is 16.7. The van der Waals surface area contributed by atoms with Crippen molar-refractivity contribution in [3.05, 3.63) is 82.0 Å². The van der Waals surface area contributed by atoms with Crippen molar-refractivity contribution in [2.75, 3.05) is 54.2 Å². The van der Waals surface area contributed by atoms with Crippen LogP contribution in [0.1, 0.15) is 64.8 Å². The molecular formula is C46H51N5O10. The number of carbonyl (C=O) groups is 5. The number of imide groups is 1. The summed E-state index contributed by atoms with van der Waals surface area (Å²) in [5.74, 6) is -0.178. The minimum Gasteiger partial charge on any atom is -0.496 e. The number of nitrogens with zero attached hydrogens (tertiary/aromatic N) is 4. The second kappa shape index (κ2) is 17.6. The Hall–Kier alpha value is -5.93. The first kappa shape index (κ1) is 41.8. The van der Waals surface area contributed by atoms with Gasteiger partial charge in [0.1, 0.15) is 23.9 Å².